The van der Waals surface area contributed by atoms with Crippen LogP contribution in [0.15, 0.2) is 12.3 Å². The van der Waals surface area contributed by atoms with Crippen molar-refractivity contribution in [1.29, 1.82) is 0 Å². The number of nitrogens with zero attached hydrogens (tertiary/aromatic N) is 3. The minimum atomic E-state index is 0.465. The highest BCUT2D eigenvalue weighted by molar-refractivity contribution is 5.37. The Morgan fingerprint density at radius 3 is 2.94 bits per heavy atom. The van der Waals surface area contributed by atoms with Gasteiger partial charge in [0.2, 0.25) is 0 Å². The topological polar surface area (TPSA) is 50.3 Å². The molecule has 0 bridgehead atoms. The van der Waals surface area contributed by atoms with Crippen LogP contribution >= 0.6 is 0 Å². The molecule has 1 saturated heterocycles. The lowest BCUT2D eigenvalue weighted by molar-refractivity contribution is 0.312. The predicted octanol–water partition coefficient (Wildman–Crippen LogP) is 1.31. The fourth-order valence-corrected chi connectivity index (χ4v) is 2.29. The molecule has 1 aromatic heterocycles. The maximum Gasteiger partial charge on any atom is 0.318 e. The molecule has 5 heteroatoms. The first-order valence-corrected chi connectivity index (χ1v) is 6.67. The van der Waals surface area contributed by atoms with E-state index in [9.17, 15) is 0 Å². The van der Waals surface area contributed by atoms with E-state index in [1.54, 1.807) is 6.20 Å². The van der Waals surface area contributed by atoms with Crippen LogP contribution in [-0.4, -0.2) is 43.3 Å². The highest BCUT2D eigenvalue weighted by Crippen LogP contribution is 2.17. The van der Waals surface area contributed by atoms with Crippen LogP contribution in [0.1, 0.15) is 19.8 Å². The molecule has 0 amide bonds. The van der Waals surface area contributed by atoms with E-state index >= 15 is 0 Å². The maximum absolute atomic E-state index is 5.33. The van der Waals surface area contributed by atoms with Gasteiger partial charge in [-0.2, -0.15) is 4.98 Å². The largest absolute Gasteiger partial charge is 0.464 e. The van der Waals surface area contributed by atoms with Gasteiger partial charge in [0.05, 0.1) is 6.61 Å². The lowest BCUT2D eigenvalue weighted by Gasteiger charge is -2.28. The first-order chi connectivity index (χ1) is 8.79. The smallest absolute Gasteiger partial charge is 0.318 e. The lowest BCUT2D eigenvalue weighted by atomic mass is 9.98. The highest BCUT2D eigenvalue weighted by atomic mass is 16.5. The average Bonchev–Trinajstić information content (AvgIpc) is 2.40. The van der Waals surface area contributed by atoms with Crippen LogP contribution in [-0.2, 0) is 0 Å². The van der Waals surface area contributed by atoms with Gasteiger partial charge in [-0.05, 0) is 44.8 Å². The predicted molar refractivity (Wildman–Crippen MR) is 72.1 cm³/mol. The Morgan fingerprint density at radius 1 is 1.44 bits per heavy atom. The Kier molecular flexibility index (Phi) is 4.75. The summed E-state index contributed by atoms with van der Waals surface area (Å²) in [7, 11) is 2.08. The van der Waals surface area contributed by atoms with Crippen molar-refractivity contribution in [2.45, 2.75) is 19.8 Å². The van der Waals surface area contributed by atoms with Crippen LogP contribution in [0, 0.1) is 5.92 Å². The van der Waals surface area contributed by atoms with E-state index in [0.29, 0.717) is 12.6 Å². The second-order valence-corrected chi connectivity index (χ2v) is 4.70. The fourth-order valence-electron chi connectivity index (χ4n) is 2.29. The van der Waals surface area contributed by atoms with Gasteiger partial charge >= 0.3 is 6.01 Å². The molecule has 1 aliphatic rings. The van der Waals surface area contributed by atoms with Crippen molar-refractivity contribution >= 4 is 5.82 Å². The molecule has 2 heterocycles. The third kappa shape index (κ3) is 3.57. The Morgan fingerprint density at radius 2 is 2.22 bits per heavy atom. The maximum atomic E-state index is 5.33. The lowest BCUT2D eigenvalue weighted by Crippen LogP contribution is -2.34. The molecular weight excluding hydrogens is 228 g/mol. The Hall–Kier alpha value is -1.36. The van der Waals surface area contributed by atoms with E-state index in [-0.39, 0.29) is 0 Å². The van der Waals surface area contributed by atoms with Crippen LogP contribution < -0.4 is 15.0 Å². The van der Waals surface area contributed by atoms with Gasteiger partial charge in [-0.1, -0.05) is 0 Å². The number of hydrogen-bond donors (Lipinski definition) is 1. The number of nitrogens with one attached hydrogen (secondary N) is 1. The minimum Gasteiger partial charge on any atom is -0.464 e. The van der Waals surface area contributed by atoms with Gasteiger partial charge in [-0.3, -0.25) is 0 Å². The normalized spacial score (nSPS) is 16.6. The van der Waals surface area contributed by atoms with E-state index in [4.69, 9.17) is 4.74 Å². The quantitative estimate of drug-likeness (QED) is 0.854. The SMILES string of the molecule is CCOc1nccc(N(C)CC2CCNCC2)n1. The van der Waals surface area contributed by atoms with Gasteiger partial charge < -0.3 is 15.0 Å². The van der Waals surface area contributed by atoms with Gasteiger partial charge in [-0.15, -0.1) is 0 Å². The summed E-state index contributed by atoms with van der Waals surface area (Å²) in [5.74, 6) is 1.69. The van der Waals surface area contributed by atoms with Crippen LogP contribution in [0.3, 0.4) is 0 Å². The van der Waals surface area contributed by atoms with E-state index in [1.165, 1.54) is 12.8 Å². The molecule has 5 nitrogen and oxygen atoms in total. The second-order valence-electron chi connectivity index (χ2n) is 4.70. The van der Waals surface area contributed by atoms with E-state index in [1.807, 2.05) is 13.0 Å². The van der Waals surface area contributed by atoms with Crippen molar-refractivity contribution in [3.05, 3.63) is 12.3 Å². The molecule has 100 valence electrons. The molecule has 2 rings (SSSR count). The summed E-state index contributed by atoms with van der Waals surface area (Å²) in [5, 5.41) is 3.39. The van der Waals surface area contributed by atoms with Crippen LogP contribution in [0.5, 0.6) is 6.01 Å². The zero-order valence-electron chi connectivity index (χ0n) is 11.2. The summed E-state index contributed by atoms with van der Waals surface area (Å²) in [6, 6.07) is 2.40. The molecule has 1 aliphatic heterocycles. The zero-order valence-corrected chi connectivity index (χ0v) is 11.2. The average molecular weight is 250 g/mol. The summed E-state index contributed by atoms with van der Waals surface area (Å²) in [6.07, 6.45) is 4.24. The third-order valence-electron chi connectivity index (χ3n) is 3.27. The molecule has 0 aromatic carbocycles. The Balaban J connectivity index is 1.94. The molecule has 1 fully saturated rings. The van der Waals surface area contributed by atoms with Crippen molar-refractivity contribution < 1.29 is 4.74 Å². The van der Waals surface area contributed by atoms with Crippen molar-refractivity contribution in [3.8, 4) is 6.01 Å². The molecule has 0 saturated carbocycles. The molecular formula is C13H22N4O. The van der Waals surface area contributed by atoms with E-state index in [2.05, 4.69) is 27.2 Å². The van der Waals surface area contributed by atoms with Crippen LogP contribution in [0.25, 0.3) is 0 Å². The van der Waals surface area contributed by atoms with Crippen molar-refractivity contribution in [2.75, 3.05) is 38.2 Å². The molecule has 0 radical (unpaired) electrons. The first kappa shape index (κ1) is 13.1. The number of piperidine rings is 1. The summed E-state index contributed by atoms with van der Waals surface area (Å²) >= 11 is 0. The Bertz CT molecular complexity index is 366. The summed E-state index contributed by atoms with van der Waals surface area (Å²) in [4.78, 5) is 10.7. The summed E-state index contributed by atoms with van der Waals surface area (Å²) in [6.45, 7) is 5.85. The monoisotopic (exact) mass is 250 g/mol. The molecule has 1 N–H and O–H groups in total. The van der Waals surface area contributed by atoms with Gasteiger partial charge in [0.1, 0.15) is 5.82 Å². The molecule has 0 aliphatic carbocycles. The van der Waals surface area contributed by atoms with E-state index in [0.717, 1.165) is 31.4 Å². The van der Waals surface area contributed by atoms with E-state index < -0.39 is 0 Å². The second kappa shape index (κ2) is 6.54. The van der Waals surface area contributed by atoms with Gasteiger partial charge in [-0.25, -0.2) is 4.98 Å². The fraction of sp³-hybridized carbons (Fsp3) is 0.692. The van der Waals surface area contributed by atoms with Crippen molar-refractivity contribution in [1.82, 2.24) is 15.3 Å². The van der Waals surface area contributed by atoms with Gasteiger partial charge in [0, 0.05) is 19.8 Å². The molecule has 0 unspecified atom stereocenters. The van der Waals surface area contributed by atoms with Crippen LogP contribution in [0.2, 0.25) is 0 Å². The van der Waals surface area contributed by atoms with Gasteiger partial charge in [0.15, 0.2) is 0 Å². The zero-order chi connectivity index (χ0) is 12.8. The standard InChI is InChI=1S/C13H22N4O/c1-3-18-13-15-9-6-12(16-13)17(2)10-11-4-7-14-8-5-11/h6,9,11,14H,3-5,7-8,10H2,1-2H3. The third-order valence-corrected chi connectivity index (χ3v) is 3.27. The molecule has 0 spiro atoms. The number of aromatic nitrogens is 2. The summed E-state index contributed by atoms with van der Waals surface area (Å²) in [5.41, 5.74) is 0. The molecule has 1 aromatic rings. The Labute approximate surface area is 109 Å². The number of rotatable bonds is 5. The van der Waals surface area contributed by atoms with Crippen molar-refractivity contribution in [2.24, 2.45) is 5.92 Å². The number of ether oxygens (including phenoxy) is 1. The van der Waals surface area contributed by atoms with Gasteiger partial charge in [0.25, 0.3) is 0 Å². The molecule has 0 atom stereocenters. The summed E-state index contributed by atoms with van der Waals surface area (Å²) < 4.78 is 5.33. The van der Waals surface area contributed by atoms with Crippen molar-refractivity contribution in [3.63, 3.8) is 0 Å². The molecule has 18 heavy (non-hydrogen) atoms. The number of hydrogen-bond acceptors (Lipinski definition) is 5. The highest BCUT2D eigenvalue weighted by Gasteiger charge is 2.16. The minimum absolute atomic E-state index is 0.465. The number of anilines is 1. The first-order valence-electron chi connectivity index (χ1n) is 6.67. The van der Waals surface area contributed by atoms with Crippen LogP contribution in [0.4, 0.5) is 5.82 Å².